The molecule has 0 radical (unpaired) electrons. The van der Waals surface area contributed by atoms with Gasteiger partial charge < -0.3 is 0 Å². The second-order valence-electron chi connectivity index (χ2n) is 4.46. The van der Waals surface area contributed by atoms with E-state index in [1.807, 2.05) is 18.2 Å². The number of nitro groups is 1. The molecule has 19 heavy (non-hydrogen) atoms. The molecule has 0 unspecified atom stereocenters. The van der Waals surface area contributed by atoms with Crippen LogP contribution in [-0.2, 0) is 0 Å². The van der Waals surface area contributed by atoms with Gasteiger partial charge in [-0.2, -0.15) is 0 Å². The van der Waals surface area contributed by atoms with Gasteiger partial charge in [-0.15, -0.1) is 0 Å². The Morgan fingerprint density at radius 2 is 1.74 bits per heavy atom. The molecular weight excluding hydrogens is 357 g/mol. The Kier molecular flexibility index (Phi) is 2.67. The van der Waals surface area contributed by atoms with Gasteiger partial charge in [-0.3, -0.25) is 14.9 Å². The number of fused-ring (bicyclic) bond motifs is 3. The molecule has 2 aromatic carbocycles. The van der Waals surface area contributed by atoms with Crippen LogP contribution in [0.2, 0.25) is 0 Å². The van der Waals surface area contributed by atoms with Crippen molar-refractivity contribution in [1.29, 1.82) is 0 Å². The van der Waals surface area contributed by atoms with E-state index in [9.17, 15) is 14.9 Å². The molecule has 0 atom stereocenters. The Labute approximate surface area is 122 Å². The SMILES string of the molecule is Cc1cc2c(cc1[N+](=O)[O-])-c1ccc(I)cc1C2=O. The molecular formula is C14H8INO3. The fourth-order valence-electron chi connectivity index (χ4n) is 2.39. The topological polar surface area (TPSA) is 60.2 Å². The maximum atomic E-state index is 12.3. The highest BCUT2D eigenvalue weighted by Crippen LogP contribution is 2.40. The Morgan fingerprint density at radius 3 is 2.42 bits per heavy atom. The maximum Gasteiger partial charge on any atom is 0.272 e. The molecule has 1 aliphatic rings. The highest BCUT2D eigenvalue weighted by Gasteiger charge is 2.29. The Balaban J connectivity index is 2.33. The molecule has 0 saturated heterocycles. The summed E-state index contributed by atoms with van der Waals surface area (Å²) in [6, 6.07) is 8.68. The number of hydrogen-bond acceptors (Lipinski definition) is 3. The summed E-state index contributed by atoms with van der Waals surface area (Å²) in [7, 11) is 0. The van der Waals surface area contributed by atoms with Gasteiger partial charge in [-0.05, 0) is 53.3 Å². The highest BCUT2D eigenvalue weighted by atomic mass is 127. The standard InChI is InChI=1S/C14H8INO3/c1-7-4-11-10(6-13(7)16(18)19)9-3-2-8(15)5-12(9)14(11)17/h2-6H,1H3. The average Bonchev–Trinajstić information content (AvgIpc) is 2.61. The Morgan fingerprint density at radius 1 is 1.05 bits per heavy atom. The van der Waals surface area contributed by atoms with Crippen molar-refractivity contribution in [2.45, 2.75) is 6.92 Å². The van der Waals surface area contributed by atoms with Gasteiger partial charge in [0.1, 0.15) is 0 Å². The third kappa shape index (κ3) is 1.76. The van der Waals surface area contributed by atoms with Gasteiger partial charge in [0.25, 0.3) is 5.69 Å². The lowest BCUT2D eigenvalue weighted by Gasteiger charge is -2.02. The molecule has 0 heterocycles. The number of ketones is 1. The van der Waals surface area contributed by atoms with Crippen molar-refractivity contribution < 1.29 is 9.72 Å². The second kappa shape index (κ2) is 4.12. The van der Waals surface area contributed by atoms with Crippen molar-refractivity contribution in [2.24, 2.45) is 0 Å². The summed E-state index contributed by atoms with van der Waals surface area (Å²) in [5, 5.41) is 11.0. The van der Waals surface area contributed by atoms with Gasteiger partial charge in [-0.1, -0.05) is 6.07 Å². The molecule has 0 saturated carbocycles. The van der Waals surface area contributed by atoms with Crippen molar-refractivity contribution in [2.75, 3.05) is 0 Å². The summed E-state index contributed by atoms with van der Waals surface area (Å²) in [5.74, 6) is -0.0542. The van der Waals surface area contributed by atoms with Gasteiger partial charge in [0.05, 0.1) is 4.92 Å². The Hall–Kier alpha value is -1.76. The molecule has 0 amide bonds. The quantitative estimate of drug-likeness (QED) is 0.375. The van der Waals surface area contributed by atoms with Gasteiger partial charge in [-0.25, -0.2) is 0 Å². The molecule has 1 aliphatic carbocycles. The minimum Gasteiger partial charge on any atom is -0.289 e. The van der Waals surface area contributed by atoms with E-state index in [0.717, 1.165) is 9.13 Å². The zero-order valence-electron chi connectivity index (χ0n) is 9.94. The van der Waals surface area contributed by atoms with Crippen LogP contribution in [0.15, 0.2) is 30.3 Å². The van der Waals surface area contributed by atoms with Gasteiger partial charge in [0.15, 0.2) is 5.78 Å². The summed E-state index contributed by atoms with van der Waals surface area (Å²) in [5.41, 5.74) is 3.19. The number of carbonyl (C=O) groups excluding carboxylic acids is 1. The van der Waals surface area contributed by atoms with E-state index in [1.165, 1.54) is 6.07 Å². The fourth-order valence-corrected chi connectivity index (χ4v) is 2.88. The van der Waals surface area contributed by atoms with Crippen LogP contribution < -0.4 is 0 Å². The number of halogens is 1. The minimum absolute atomic E-state index is 0.0537. The van der Waals surface area contributed by atoms with E-state index < -0.39 is 4.92 Å². The molecule has 0 aromatic heterocycles. The van der Waals surface area contributed by atoms with Crippen LogP contribution in [0.25, 0.3) is 11.1 Å². The van der Waals surface area contributed by atoms with E-state index in [4.69, 9.17) is 0 Å². The lowest BCUT2D eigenvalue weighted by Crippen LogP contribution is -1.98. The third-order valence-electron chi connectivity index (χ3n) is 3.29. The monoisotopic (exact) mass is 365 g/mol. The lowest BCUT2D eigenvalue weighted by atomic mass is 10.0. The summed E-state index contributed by atoms with van der Waals surface area (Å²) in [6.45, 7) is 1.65. The summed E-state index contributed by atoms with van der Waals surface area (Å²) in [4.78, 5) is 22.9. The van der Waals surface area contributed by atoms with E-state index in [1.54, 1.807) is 13.0 Å². The molecule has 2 aromatic rings. The number of nitro benzene ring substituents is 1. The lowest BCUT2D eigenvalue weighted by molar-refractivity contribution is -0.385. The van der Waals surface area contributed by atoms with Crippen LogP contribution in [-0.4, -0.2) is 10.7 Å². The Bertz CT molecular complexity index is 753. The van der Waals surface area contributed by atoms with E-state index >= 15 is 0 Å². The predicted octanol–water partition coefficient (Wildman–Crippen LogP) is 3.72. The first-order chi connectivity index (χ1) is 8.99. The molecule has 3 rings (SSSR count). The summed E-state index contributed by atoms with van der Waals surface area (Å²) >= 11 is 2.15. The first-order valence-electron chi connectivity index (χ1n) is 5.62. The highest BCUT2D eigenvalue weighted by molar-refractivity contribution is 14.1. The van der Waals surface area contributed by atoms with Crippen LogP contribution in [0.5, 0.6) is 0 Å². The summed E-state index contributed by atoms with van der Waals surface area (Å²) in [6.07, 6.45) is 0. The number of hydrogen-bond donors (Lipinski definition) is 0. The van der Waals surface area contributed by atoms with Gasteiger partial charge >= 0.3 is 0 Å². The number of rotatable bonds is 1. The first kappa shape index (κ1) is 12.3. The largest absolute Gasteiger partial charge is 0.289 e. The second-order valence-corrected chi connectivity index (χ2v) is 5.71. The number of nitrogens with zero attached hydrogens (tertiary/aromatic N) is 1. The van der Waals surface area contributed by atoms with Crippen LogP contribution in [0.3, 0.4) is 0 Å². The zero-order valence-corrected chi connectivity index (χ0v) is 12.1. The molecule has 0 fully saturated rings. The van der Waals surface area contributed by atoms with Crippen molar-refractivity contribution in [3.05, 3.63) is 60.7 Å². The van der Waals surface area contributed by atoms with Crippen molar-refractivity contribution in [3.63, 3.8) is 0 Å². The molecule has 0 N–H and O–H groups in total. The molecule has 0 spiro atoms. The van der Waals surface area contributed by atoms with Crippen LogP contribution in [0, 0.1) is 20.6 Å². The van der Waals surface area contributed by atoms with E-state index in [0.29, 0.717) is 22.3 Å². The zero-order chi connectivity index (χ0) is 13.7. The number of carbonyl (C=O) groups is 1. The van der Waals surface area contributed by atoms with E-state index in [2.05, 4.69) is 22.6 Å². The molecule has 5 heteroatoms. The molecule has 0 aliphatic heterocycles. The normalized spacial score (nSPS) is 12.2. The van der Waals surface area contributed by atoms with Crippen LogP contribution >= 0.6 is 22.6 Å². The van der Waals surface area contributed by atoms with Crippen molar-refractivity contribution in [1.82, 2.24) is 0 Å². The molecule has 0 bridgehead atoms. The molecule has 4 nitrogen and oxygen atoms in total. The molecule has 94 valence electrons. The van der Waals surface area contributed by atoms with E-state index in [-0.39, 0.29) is 11.5 Å². The average molecular weight is 365 g/mol. The van der Waals surface area contributed by atoms with Crippen molar-refractivity contribution in [3.8, 4) is 11.1 Å². The minimum atomic E-state index is -0.412. The fraction of sp³-hybridized carbons (Fsp3) is 0.0714. The van der Waals surface area contributed by atoms with Gasteiger partial charge in [0, 0.05) is 31.9 Å². The predicted molar refractivity (Wildman–Crippen MR) is 79.4 cm³/mol. The van der Waals surface area contributed by atoms with Gasteiger partial charge in [0.2, 0.25) is 0 Å². The third-order valence-corrected chi connectivity index (χ3v) is 3.96. The van der Waals surface area contributed by atoms with Crippen molar-refractivity contribution >= 4 is 34.1 Å². The first-order valence-corrected chi connectivity index (χ1v) is 6.70. The maximum absolute atomic E-state index is 12.3. The number of benzene rings is 2. The smallest absolute Gasteiger partial charge is 0.272 e. The van der Waals surface area contributed by atoms with Crippen LogP contribution in [0.4, 0.5) is 5.69 Å². The summed E-state index contributed by atoms with van der Waals surface area (Å²) < 4.78 is 0.976. The van der Waals surface area contributed by atoms with Crippen LogP contribution in [0.1, 0.15) is 21.5 Å². The number of aryl methyl sites for hydroxylation is 1.